The van der Waals surface area contributed by atoms with Crippen molar-refractivity contribution in [2.75, 3.05) is 19.7 Å². The van der Waals surface area contributed by atoms with Crippen LogP contribution in [-0.4, -0.2) is 41.8 Å². The first-order valence-electron chi connectivity index (χ1n) is 7.00. The second kappa shape index (κ2) is 6.34. The molecule has 0 bridgehead atoms. The molecule has 1 aromatic carbocycles. The molecule has 0 saturated carbocycles. The summed E-state index contributed by atoms with van der Waals surface area (Å²) >= 11 is 0. The van der Waals surface area contributed by atoms with E-state index in [1.807, 2.05) is 0 Å². The van der Waals surface area contributed by atoms with Gasteiger partial charge in [0, 0.05) is 19.1 Å². The van der Waals surface area contributed by atoms with Crippen LogP contribution in [0.25, 0.3) is 0 Å². The van der Waals surface area contributed by atoms with Crippen LogP contribution >= 0.6 is 0 Å². The lowest BCUT2D eigenvalue weighted by molar-refractivity contribution is -0.137. The third-order valence-electron chi connectivity index (χ3n) is 3.79. The van der Waals surface area contributed by atoms with Crippen molar-refractivity contribution < 1.29 is 23.0 Å². The highest BCUT2D eigenvalue weighted by Gasteiger charge is 2.32. The van der Waals surface area contributed by atoms with Crippen molar-refractivity contribution in [2.45, 2.75) is 38.3 Å². The van der Waals surface area contributed by atoms with Crippen LogP contribution in [-0.2, 0) is 10.9 Å². The number of rotatable bonds is 3. The molecule has 3 nitrogen and oxygen atoms in total. The summed E-state index contributed by atoms with van der Waals surface area (Å²) in [6, 6.07) is 4.94. The molecule has 1 saturated heterocycles. The van der Waals surface area contributed by atoms with E-state index >= 15 is 0 Å². The standard InChI is InChI=1S/C15H20F3NO2/c1-10(2)19-7-8-21-13(9-19)14(20)11-3-5-12(6-4-11)15(16,17)18/h3-6,10,13-14,20H,7-9H2,1-2H3. The van der Waals surface area contributed by atoms with E-state index in [0.29, 0.717) is 24.8 Å². The van der Waals surface area contributed by atoms with Gasteiger partial charge in [0.25, 0.3) is 0 Å². The number of hydrogen-bond donors (Lipinski definition) is 1. The fourth-order valence-corrected chi connectivity index (χ4v) is 2.44. The maximum Gasteiger partial charge on any atom is 0.416 e. The molecule has 21 heavy (non-hydrogen) atoms. The minimum Gasteiger partial charge on any atom is -0.386 e. The van der Waals surface area contributed by atoms with Gasteiger partial charge in [-0.1, -0.05) is 12.1 Å². The molecule has 2 unspecified atom stereocenters. The summed E-state index contributed by atoms with van der Waals surface area (Å²) < 4.78 is 43.1. The largest absolute Gasteiger partial charge is 0.416 e. The van der Waals surface area contributed by atoms with E-state index in [1.54, 1.807) is 0 Å². The fourth-order valence-electron chi connectivity index (χ4n) is 2.44. The van der Waals surface area contributed by atoms with Crippen LogP contribution in [0.3, 0.4) is 0 Å². The number of morpholine rings is 1. The molecule has 0 radical (unpaired) electrons. The Hall–Kier alpha value is -1.11. The van der Waals surface area contributed by atoms with Crippen LogP contribution in [0.1, 0.15) is 31.1 Å². The van der Waals surface area contributed by atoms with Crippen LogP contribution in [0.2, 0.25) is 0 Å². The van der Waals surface area contributed by atoms with E-state index < -0.39 is 23.9 Å². The second-order valence-electron chi connectivity index (χ2n) is 5.56. The average molecular weight is 303 g/mol. The van der Waals surface area contributed by atoms with E-state index in [1.165, 1.54) is 12.1 Å². The zero-order valence-electron chi connectivity index (χ0n) is 12.1. The lowest BCUT2D eigenvalue weighted by Gasteiger charge is -2.37. The van der Waals surface area contributed by atoms with Crippen molar-refractivity contribution in [3.05, 3.63) is 35.4 Å². The maximum atomic E-state index is 12.5. The Morgan fingerprint density at radius 2 is 1.86 bits per heavy atom. The van der Waals surface area contributed by atoms with Gasteiger partial charge in [0.2, 0.25) is 0 Å². The van der Waals surface area contributed by atoms with E-state index in [2.05, 4.69) is 18.7 Å². The molecule has 1 aliphatic heterocycles. The van der Waals surface area contributed by atoms with E-state index in [-0.39, 0.29) is 0 Å². The molecule has 1 N–H and O–H groups in total. The number of benzene rings is 1. The van der Waals surface area contributed by atoms with Gasteiger partial charge in [-0.15, -0.1) is 0 Å². The third-order valence-corrected chi connectivity index (χ3v) is 3.79. The zero-order valence-corrected chi connectivity index (χ0v) is 12.1. The lowest BCUT2D eigenvalue weighted by atomic mass is 10.0. The van der Waals surface area contributed by atoms with Crippen molar-refractivity contribution in [1.82, 2.24) is 4.90 Å². The van der Waals surface area contributed by atoms with Crippen molar-refractivity contribution in [2.24, 2.45) is 0 Å². The van der Waals surface area contributed by atoms with E-state index in [0.717, 1.165) is 18.7 Å². The molecule has 1 heterocycles. The normalized spacial score (nSPS) is 22.5. The number of alkyl halides is 3. The van der Waals surface area contributed by atoms with Gasteiger partial charge in [-0.25, -0.2) is 0 Å². The molecule has 0 aromatic heterocycles. The smallest absolute Gasteiger partial charge is 0.386 e. The van der Waals surface area contributed by atoms with Gasteiger partial charge in [0.1, 0.15) is 12.2 Å². The predicted molar refractivity (Wildman–Crippen MR) is 72.9 cm³/mol. The first kappa shape index (κ1) is 16.3. The van der Waals surface area contributed by atoms with Gasteiger partial charge in [0.15, 0.2) is 0 Å². The van der Waals surface area contributed by atoms with Crippen LogP contribution in [0.4, 0.5) is 13.2 Å². The Balaban J connectivity index is 2.07. The van der Waals surface area contributed by atoms with Crippen molar-refractivity contribution in [3.63, 3.8) is 0 Å². The van der Waals surface area contributed by atoms with Gasteiger partial charge in [-0.05, 0) is 31.5 Å². The Morgan fingerprint density at radius 1 is 1.24 bits per heavy atom. The highest BCUT2D eigenvalue weighted by molar-refractivity contribution is 5.26. The number of hydrogen-bond acceptors (Lipinski definition) is 3. The van der Waals surface area contributed by atoms with Crippen molar-refractivity contribution in [1.29, 1.82) is 0 Å². The summed E-state index contributed by atoms with van der Waals surface area (Å²) in [6.45, 7) is 6.01. The van der Waals surface area contributed by atoms with Crippen LogP contribution in [0.5, 0.6) is 0 Å². The molecule has 1 aromatic rings. The summed E-state index contributed by atoms with van der Waals surface area (Å²) in [7, 11) is 0. The van der Waals surface area contributed by atoms with E-state index in [9.17, 15) is 18.3 Å². The maximum absolute atomic E-state index is 12.5. The SMILES string of the molecule is CC(C)N1CCOC(C(O)c2ccc(C(F)(F)F)cc2)C1. The topological polar surface area (TPSA) is 32.7 Å². The summed E-state index contributed by atoms with van der Waals surface area (Å²) in [5.41, 5.74) is -0.273. The first-order valence-corrected chi connectivity index (χ1v) is 7.00. The predicted octanol–water partition coefficient (Wildman–Crippen LogP) is 2.85. The van der Waals surface area contributed by atoms with Crippen molar-refractivity contribution >= 4 is 0 Å². The summed E-state index contributed by atoms with van der Waals surface area (Å²) in [4.78, 5) is 2.18. The molecule has 2 atom stereocenters. The number of aliphatic hydroxyl groups is 1. The Morgan fingerprint density at radius 3 is 2.38 bits per heavy atom. The second-order valence-corrected chi connectivity index (χ2v) is 5.56. The van der Waals surface area contributed by atoms with Gasteiger partial charge in [-0.2, -0.15) is 13.2 Å². The fraction of sp³-hybridized carbons (Fsp3) is 0.600. The number of aliphatic hydroxyl groups excluding tert-OH is 1. The van der Waals surface area contributed by atoms with Crippen LogP contribution < -0.4 is 0 Å². The molecule has 1 fully saturated rings. The first-order chi connectivity index (χ1) is 9.79. The zero-order chi connectivity index (χ0) is 15.6. The van der Waals surface area contributed by atoms with Gasteiger partial charge in [-0.3, -0.25) is 4.90 Å². The Kier molecular flexibility index (Phi) is 4.91. The quantitative estimate of drug-likeness (QED) is 0.932. The van der Waals surface area contributed by atoms with E-state index in [4.69, 9.17) is 4.74 Å². The minimum atomic E-state index is -4.36. The van der Waals surface area contributed by atoms with Crippen LogP contribution in [0, 0.1) is 0 Å². The highest BCUT2D eigenvalue weighted by atomic mass is 19.4. The van der Waals surface area contributed by atoms with Gasteiger partial charge >= 0.3 is 6.18 Å². The molecular formula is C15H20F3NO2. The molecule has 6 heteroatoms. The monoisotopic (exact) mass is 303 g/mol. The van der Waals surface area contributed by atoms with Gasteiger partial charge < -0.3 is 9.84 Å². The Labute approximate surface area is 122 Å². The van der Waals surface area contributed by atoms with Crippen LogP contribution in [0.15, 0.2) is 24.3 Å². The molecular weight excluding hydrogens is 283 g/mol. The summed E-state index contributed by atoms with van der Waals surface area (Å²) in [5.74, 6) is 0. The molecule has 1 aliphatic rings. The molecule has 118 valence electrons. The minimum absolute atomic E-state index is 0.344. The third kappa shape index (κ3) is 3.96. The summed E-state index contributed by atoms with van der Waals surface area (Å²) in [6.07, 6.45) is -5.70. The Bertz CT molecular complexity index is 459. The lowest BCUT2D eigenvalue weighted by Crippen LogP contribution is -2.47. The number of ether oxygens (including phenoxy) is 1. The average Bonchev–Trinajstić information content (AvgIpc) is 2.46. The highest BCUT2D eigenvalue weighted by Crippen LogP contribution is 2.31. The molecule has 0 aliphatic carbocycles. The summed E-state index contributed by atoms with van der Waals surface area (Å²) in [5, 5.41) is 10.3. The molecule has 0 spiro atoms. The van der Waals surface area contributed by atoms with Crippen molar-refractivity contribution in [3.8, 4) is 0 Å². The molecule has 0 amide bonds. The molecule has 2 rings (SSSR count). The number of nitrogens with zero attached hydrogens (tertiary/aromatic N) is 1. The van der Waals surface area contributed by atoms with Gasteiger partial charge in [0.05, 0.1) is 12.2 Å². The number of halogens is 3.